The van der Waals surface area contributed by atoms with E-state index in [0.29, 0.717) is 6.54 Å². The summed E-state index contributed by atoms with van der Waals surface area (Å²) in [5, 5.41) is 2.83. The quantitative estimate of drug-likeness (QED) is 0.732. The largest absolute Gasteiger partial charge is 0.351 e. The Morgan fingerprint density at radius 3 is 2.26 bits per heavy atom. The van der Waals surface area contributed by atoms with Crippen LogP contribution in [0.4, 0.5) is 0 Å². The molecule has 1 N–H and O–H groups in total. The molecule has 0 aromatic heterocycles. The maximum atomic E-state index is 11.6. The Morgan fingerprint density at radius 1 is 1.05 bits per heavy atom. The summed E-state index contributed by atoms with van der Waals surface area (Å²) >= 11 is 0. The first-order chi connectivity index (χ1) is 9.17. The van der Waals surface area contributed by atoms with E-state index >= 15 is 0 Å². The Hall–Kier alpha value is -1.62. The monoisotopic (exact) mass is 265 g/mol. The molecule has 106 valence electrons. The zero-order valence-electron chi connectivity index (χ0n) is 11.8. The van der Waals surface area contributed by atoms with E-state index in [0.717, 1.165) is 32.7 Å². The van der Waals surface area contributed by atoms with Gasteiger partial charge < -0.3 is 10.2 Å². The molecule has 0 spiro atoms. The predicted octanol–water partition coefficient (Wildman–Crippen LogP) is 0.399. The number of hydrogen-bond donors (Lipinski definition) is 1. The van der Waals surface area contributed by atoms with Gasteiger partial charge in [-0.15, -0.1) is 0 Å². The van der Waals surface area contributed by atoms with Crippen LogP contribution < -0.4 is 5.32 Å². The molecule has 0 aromatic rings. The summed E-state index contributed by atoms with van der Waals surface area (Å²) in [4.78, 5) is 27.0. The SMILES string of the molecule is CC=CC(=O)NCCN1CCN(C(=O)C=CC)CC1. The van der Waals surface area contributed by atoms with E-state index in [4.69, 9.17) is 0 Å². The standard InChI is InChI=1S/C14H23N3O2/c1-3-5-13(18)15-7-8-16-9-11-17(12-10-16)14(19)6-4-2/h3-6H,7-12H2,1-2H3,(H,15,18). The van der Waals surface area contributed by atoms with Crippen LogP contribution in [0.3, 0.4) is 0 Å². The maximum Gasteiger partial charge on any atom is 0.246 e. The summed E-state index contributed by atoms with van der Waals surface area (Å²) in [6.07, 6.45) is 6.62. The topological polar surface area (TPSA) is 52.7 Å². The molecule has 0 saturated carbocycles. The molecule has 1 aliphatic rings. The predicted molar refractivity (Wildman–Crippen MR) is 75.7 cm³/mol. The highest BCUT2D eigenvalue weighted by Gasteiger charge is 2.18. The number of amides is 2. The van der Waals surface area contributed by atoms with E-state index in [1.807, 2.05) is 18.7 Å². The van der Waals surface area contributed by atoms with Gasteiger partial charge in [-0.1, -0.05) is 12.2 Å². The van der Waals surface area contributed by atoms with Crippen molar-refractivity contribution in [2.24, 2.45) is 0 Å². The average Bonchev–Trinajstić information content (AvgIpc) is 2.40. The fourth-order valence-electron chi connectivity index (χ4n) is 1.99. The van der Waals surface area contributed by atoms with Crippen molar-refractivity contribution in [3.8, 4) is 0 Å². The van der Waals surface area contributed by atoms with Gasteiger partial charge in [0.2, 0.25) is 11.8 Å². The van der Waals surface area contributed by atoms with E-state index in [-0.39, 0.29) is 11.8 Å². The van der Waals surface area contributed by atoms with Crippen molar-refractivity contribution < 1.29 is 9.59 Å². The molecular formula is C14H23N3O2. The van der Waals surface area contributed by atoms with Crippen molar-refractivity contribution in [3.63, 3.8) is 0 Å². The summed E-state index contributed by atoms with van der Waals surface area (Å²) in [5.74, 6) is 0.0351. The van der Waals surface area contributed by atoms with E-state index in [9.17, 15) is 9.59 Å². The molecule has 0 atom stereocenters. The van der Waals surface area contributed by atoms with Crippen molar-refractivity contribution in [2.45, 2.75) is 13.8 Å². The van der Waals surface area contributed by atoms with Gasteiger partial charge in [-0.2, -0.15) is 0 Å². The molecule has 1 fully saturated rings. The van der Waals surface area contributed by atoms with E-state index in [2.05, 4.69) is 10.2 Å². The Labute approximate surface area is 114 Å². The lowest BCUT2D eigenvalue weighted by Gasteiger charge is -2.34. The van der Waals surface area contributed by atoms with Crippen LogP contribution in [0.2, 0.25) is 0 Å². The van der Waals surface area contributed by atoms with Crippen LogP contribution in [0.15, 0.2) is 24.3 Å². The molecule has 0 unspecified atom stereocenters. The first-order valence-electron chi connectivity index (χ1n) is 6.72. The zero-order valence-corrected chi connectivity index (χ0v) is 11.8. The third-order valence-corrected chi connectivity index (χ3v) is 3.04. The first-order valence-corrected chi connectivity index (χ1v) is 6.72. The lowest BCUT2D eigenvalue weighted by Crippen LogP contribution is -2.49. The number of rotatable bonds is 5. The summed E-state index contributed by atoms with van der Waals surface area (Å²) in [6, 6.07) is 0. The van der Waals surface area contributed by atoms with Crippen LogP contribution in [-0.4, -0.2) is 60.9 Å². The fourth-order valence-corrected chi connectivity index (χ4v) is 1.99. The summed E-state index contributed by atoms with van der Waals surface area (Å²) in [7, 11) is 0. The molecule has 1 rings (SSSR count). The minimum atomic E-state index is -0.0515. The van der Waals surface area contributed by atoms with Gasteiger partial charge in [0.05, 0.1) is 0 Å². The Morgan fingerprint density at radius 2 is 1.68 bits per heavy atom. The molecule has 2 amide bonds. The summed E-state index contributed by atoms with van der Waals surface area (Å²) in [6.45, 7) is 8.38. The van der Waals surface area contributed by atoms with Gasteiger partial charge in [0.1, 0.15) is 0 Å². The second-order valence-corrected chi connectivity index (χ2v) is 4.46. The van der Waals surface area contributed by atoms with Crippen molar-refractivity contribution in [1.82, 2.24) is 15.1 Å². The third kappa shape index (κ3) is 5.70. The van der Waals surface area contributed by atoms with Gasteiger partial charge in [0.15, 0.2) is 0 Å². The van der Waals surface area contributed by atoms with Crippen LogP contribution in [0.25, 0.3) is 0 Å². The Kier molecular flexibility index (Phi) is 6.89. The Bertz CT molecular complexity index is 353. The minimum absolute atomic E-state index is 0.0515. The highest BCUT2D eigenvalue weighted by Crippen LogP contribution is 2.02. The van der Waals surface area contributed by atoms with E-state index < -0.39 is 0 Å². The second kappa shape index (κ2) is 8.48. The van der Waals surface area contributed by atoms with E-state index in [1.54, 1.807) is 18.2 Å². The number of carbonyl (C=O) groups is 2. The van der Waals surface area contributed by atoms with Crippen molar-refractivity contribution in [1.29, 1.82) is 0 Å². The Balaban J connectivity index is 2.20. The van der Waals surface area contributed by atoms with Crippen LogP contribution in [0.5, 0.6) is 0 Å². The lowest BCUT2D eigenvalue weighted by molar-refractivity contribution is -0.127. The molecule has 5 heteroatoms. The molecule has 0 aliphatic carbocycles. The number of piperazine rings is 1. The van der Waals surface area contributed by atoms with Crippen LogP contribution in [-0.2, 0) is 9.59 Å². The highest BCUT2D eigenvalue weighted by atomic mass is 16.2. The second-order valence-electron chi connectivity index (χ2n) is 4.46. The average molecular weight is 265 g/mol. The van der Waals surface area contributed by atoms with Crippen LogP contribution in [0.1, 0.15) is 13.8 Å². The van der Waals surface area contributed by atoms with Crippen molar-refractivity contribution in [3.05, 3.63) is 24.3 Å². The molecule has 1 aliphatic heterocycles. The first kappa shape index (κ1) is 15.4. The number of allylic oxidation sites excluding steroid dienone is 2. The maximum absolute atomic E-state index is 11.6. The lowest BCUT2D eigenvalue weighted by atomic mass is 10.3. The summed E-state index contributed by atoms with van der Waals surface area (Å²) < 4.78 is 0. The van der Waals surface area contributed by atoms with Gasteiger partial charge in [0.25, 0.3) is 0 Å². The molecule has 0 aromatic carbocycles. The van der Waals surface area contributed by atoms with Crippen molar-refractivity contribution in [2.75, 3.05) is 39.3 Å². The molecule has 0 radical (unpaired) electrons. The van der Waals surface area contributed by atoms with Crippen molar-refractivity contribution >= 4 is 11.8 Å². The fraction of sp³-hybridized carbons (Fsp3) is 0.571. The molecule has 0 bridgehead atoms. The number of hydrogen-bond acceptors (Lipinski definition) is 3. The molecule has 5 nitrogen and oxygen atoms in total. The van der Waals surface area contributed by atoms with Gasteiger partial charge in [-0.05, 0) is 26.0 Å². The van der Waals surface area contributed by atoms with Gasteiger partial charge in [-0.25, -0.2) is 0 Å². The minimum Gasteiger partial charge on any atom is -0.351 e. The summed E-state index contributed by atoms with van der Waals surface area (Å²) in [5.41, 5.74) is 0. The molecular weight excluding hydrogens is 242 g/mol. The normalized spacial score (nSPS) is 17.3. The van der Waals surface area contributed by atoms with Gasteiger partial charge >= 0.3 is 0 Å². The van der Waals surface area contributed by atoms with Gasteiger partial charge in [-0.3, -0.25) is 14.5 Å². The third-order valence-electron chi connectivity index (χ3n) is 3.04. The molecule has 1 saturated heterocycles. The van der Waals surface area contributed by atoms with Crippen LogP contribution >= 0.6 is 0 Å². The highest BCUT2D eigenvalue weighted by molar-refractivity contribution is 5.87. The number of nitrogens with zero attached hydrogens (tertiary/aromatic N) is 2. The van der Waals surface area contributed by atoms with Crippen LogP contribution in [0, 0.1) is 0 Å². The molecule has 19 heavy (non-hydrogen) atoms. The van der Waals surface area contributed by atoms with E-state index in [1.165, 1.54) is 6.08 Å². The number of carbonyl (C=O) groups excluding carboxylic acids is 2. The zero-order chi connectivity index (χ0) is 14.1. The smallest absolute Gasteiger partial charge is 0.246 e. The van der Waals surface area contributed by atoms with Gasteiger partial charge in [0, 0.05) is 39.3 Å². The molecule has 1 heterocycles. The number of nitrogens with one attached hydrogen (secondary N) is 1.